The molecule has 0 bridgehead atoms. The van der Waals surface area contributed by atoms with Gasteiger partial charge in [-0.1, -0.05) is 17.2 Å². The molecule has 0 aliphatic rings. The summed E-state index contributed by atoms with van der Waals surface area (Å²) in [7, 11) is -2.34. The Morgan fingerprint density at radius 1 is 1.06 bits per heavy atom. The number of methoxy groups -OCH3 is 1. The third-order valence-electron chi connectivity index (χ3n) is 4.12. The minimum absolute atomic E-state index is 0.0578. The Morgan fingerprint density at radius 2 is 1.87 bits per heavy atom. The van der Waals surface area contributed by atoms with Gasteiger partial charge in [0.15, 0.2) is 0 Å². The first-order valence-corrected chi connectivity index (χ1v) is 11.3. The summed E-state index contributed by atoms with van der Waals surface area (Å²) in [5, 5.41) is 12.1. The van der Waals surface area contributed by atoms with E-state index in [4.69, 9.17) is 9.15 Å². The number of hydrogen-bond acceptors (Lipinski definition) is 8. The zero-order valence-corrected chi connectivity index (χ0v) is 17.7. The van der Waals surface area contributed by atoms with Crippen molar-refractivity contribution in [2.45, 2.75) is 4.90 Å². The summed E-state index contributed by atoms with van der Waals surface area (Å²) in [5.41, 5.74) is 0.444. The van der Waals surface area contributed by atoms with E-state index in [0.29, 0.717) is 11.6 Å². The van der Waals surface area contributed by atoms with Crippen molar-refractivity contribution in [2.24, 2.45) is 0 Å². The Labute approximate surface area is 181 Å². The Hall–Kier alpha value is -3.70. The molecular formula is C20H16N4O5S2. The summed E-state index contributed by atoms with van der Waals surface area (Å²) in [6.45, 7) is 0. The molecule has 11 heteroatoms. The Kier molecular flexibility index (Phi) is 5.69. The van der Waals surface area contributed by atoms with E-state index in [0.717, 1.165) is 4.88 Å². The first kappa shape index (κ1) is 20.6. The van der Waals surface area contributed by atoms with E-state index in [1.807, 2.05) is 17.5 Å². The number of sulfonamides is 1. The highest BCUT2D eigenvalue weighted by Gasteiger charge is 2.17. The van der Waals surface area contributed by atoms with E-state index in [1.54, 1.807) is 24.3 Å². The van der Waals surface area contributed by atoms with Crippen LogP contribution in [-0.2, 0) is 10.0 Å². The second kappa shape index (κ2) is 8.58. The van der Waals surface area contributed by atoms with Gasteiger partial charge in [0.05, 0.1) is 16.9 Å². The molecule has 1 amide bonds. The SMILES string of the molecule is COc1ccc(S(=O)(=O)Nc2cccc(C(=O)Nc3nnc(-c4cccs4)o3)c2)cc1. The molecule has 4 aromatic rings. The number of ether oxygens (including phenoxy) is 1. The Bertz CT molecular complexity index is 1300. The van der Waals surface area contributed by atoms with Gasteiger partial charge in [0.2, 0.25) is 0 Å². The second-order valence-electron chi connectivity index (χ2n) is 6.21. The number of thiophene rings is 1. The number of carbonyl (C=O) groups is 1. The lowest BCUT2D eigenvalue weighted by molar-refractivity contribution is 0.102. The smallest absolute Gasteiger partial charge is 0.322 e. The van der Waals surface area contributed by atoms with Crippen molar-refractivity contribution in [3.05, 3.63) is 71.6 Å². The molecule has 0 aliphatic carbocycles. The summed E-state index contributed by atoms with van der Waals surface area (Å²) >= 11 is 1.43. The highest BCUT2D eigenvalue weighted by atomic mass is 32.2. The number of benzene rings is 2. The number of rotatable bonds is 7. The predicted octanol–water partition coefficient (Wildman–Crippen LogP) is 3.86. The number of nitrogens with zero attached hydrogens (tertiary/aromatic N) is 2. The largest absolute Gasteiger partial charge is 0.497 e. The first-order valence-electron chi connectivity index (χ1n) is 8.90. The van der Waals surface area contributed by atoms with Crippen LogP contribution in [0.4, 0.5) is 11.7 Å². The van der Waals surface area contributed by atoms with Gasteiger partial charge < -0.3 is 9.15 Å². The molecule has 0 spiro atoms. The Balaban J connectivity index is 1.48. The number of hydrogen-bond donors (Lipinski definition) is 2. The van der Waals surface area contributed by atoms with Crippen LogP contribution in [0.3, 0.4) is 0 Å². The van der Waals surface area contributed by atoms with E-state index >= 15 is 0 Å². The third kappa shape index (κ3) is 4.73. The molecule has 0 aliphatic heterocycles. The van der Waals surface area contributed by atoms with Crippen molar-refractivity contribution in [2.75, 3.05) is 17.1 Å². The van der Waals surface area contributed by atoms with Gasteiger partial charge in [0.25, 0.3) is 21.8 Å². The van der Waals surface area contributed by atoms with Crippen LogP contribution in [-0.4, -0.2) is 31.6 Å². The molecule has 0 saturated carbocycles. The summed E-state index contributed by atoms with van der Waals surface area (Å²) in [6.07, 6.45) is 0. The molecule has 0 saturated heterocycles. The van der Waals surface area contributed by atoms with E-state index in [1.165, 1.54) is 42.7 Å². The topological polar surface area (TPSA) is 123 Å². The molecule has 0 fully saturated rings. The van der Waals surface area contributed by atoms with Gasteiger partial charge in [-0.3, -0.25) is 14.8 Å². The maximum absolute atomic E-state index is 12.6. The lowest BCUT2D eigenvalue weighted by Gasteiger charge is -2.10. The zero-order valence-electron chi connectivity index (χ0n) is 16.1. The van der Waals surface area contributed by atoms with Crippen LogP contribution in [0.5, 0.6) is 5.75 Å². The molecule has 2 aromatic carbocycles. The summed E-state index contributed by atoms with van der Waals surface area (Å²) in [5.74, 6) is 0.319. The number of amides is 1. The van der Waals surface area contributed by atoms with Gasteiger partial charge in [-0.2, -0.15) is 0 Å². The number of carbonyl (C=O) groups excluding carboxylic acids is 1. The van der Waals surface area contributed by atoms with Crippen LogP contribution in [0, 0.1) is 0 Å². The van der Waals surface area contributed by atoms with Gasteiger partial charge in [-0.15, -0.1) is 16.4 Å². The molecule has 0 unspecified atom stereocenters. The van der Waals surface area contributed by atoms with Crippen molar-refractivity contribution < 1.29 is 22.4 Å². The van der Waals surface area contributed by atoms with Crippen LogP contribution < -0.4 is 14.8 Å². The van der Waals surface area contributed by atoms with Crippen molar-refractivity contribution in [1.82, 2.24) is 10.2 Å². The highest BCUT2D eigenvalue weighted by molar-refractivity contribution is 7.92. The molecule has 0 radical (unpaired) electrons. The van der Waals surface area contributed by atoms with Gasteiger partial charge in [0.1, 0.15) is 5.75 Å². The summed E-state index contributed by atoms with van der Waals surface area (Å²) < 4.78 is 38.1. The molecular weight excluding hydrogens is 440 g/mol. The number of anilines is 2. The average molecular weight is 457 g/mol. The minimum Gasteiger partial charge on any atom is -0.497 e. The van der Waals surface area contributed by atoms with Crippen molar-refractivity contribution >= 4 is 39.0 Å². The summed E-state index contributed by atoms with van der Waals surface area (Å²) in [6, 6.07) is 15.6. The average Bonchev–Trinajstić information content (AvgIpc) is 3.46. The molecule has 2 aromatic heterocycles. The van der Waals surface area contributed by atoms with E-state index in [-0.39, 0.29) is 22.2 Å². The zero-order chi connectivity index (χ0) is 21.8. The van der Waals surface area contributed by atoms with Crippen molar-refractivity contribution in [3.8, 4) is 16.5 Å². The lowest BCUT2D eigenvalue weighted by atomic mass is 10.2. The highest BCUT2D eigenvalue weighted by Crippen LogP contribution is 2.25. The molecule has 0 atom stereocenters. The normalized spacial score (nSPS) is 11.1. The maximum Gasteiger partial charge on any atom is 0.322 e. The van der Waals surface area contributed by atoms with E-state index in [2.05, 4.69) is 20.2 Å². The molecule has 2 heterocycles. The first-order chi connectivity index (χ1) is 14.9. The van der Waals surface area contributed by atoms with Crippen LogP contribution in [0.2, 0.25) is 0 Å². The second-order valence-corrected chi connectivity index (χ2v) is 8.84. The lowest BCUT2D eigenvalue weighted by Crippen LogP contribution is -2.15. The molecule has 158 valence electrons. The fraction of sp³-hybridized carbons (Fsp3) is 0.0500. The monoisotopic (exact) mass is 456 g/mol. The van der Waals surface area contributed by atoms with Gasteiger partial charge in [0, 0.05) is 11.3 Å². The van der Waals surface area contributed by atoms with Gasteiger partial charge in [-0.05, 0) is 53.9 Å². The number of aromatic nitrogens is 2. The van der Waals surface area contributed by atoms with Crippen LogP contribution in [0.15, 0.2) is 75.4 Å². The van der Waals surface area contributed by atoms with Crippen molar-refractivity contribution in [1.29, 1.82) is 0 Å². The molecule has 4 rings (SSSR count). The van der Waals surface area contributed by atoms with Crippen LogP contribution in [0.1, 0.15) is 10.4 Å². The molecule has 2 N–H and O–H groups in total. The fourth-order valence-corrected chi connectivity index (χ4v) is 4.33. The molecule has 31 heavy (non-hydrogen) atoms. The maximum atomic E-state index is 12.6. The summed E-state index contributed by atoms with van der Waals surface area (Å²) in [4.78, 5) is 13.4. The van der Waals surface area contributed by atoms with Crippen LogP contribution >= 0.6 is 11.3 Å². The molecule has 9 nitrogen and oxygen atoms in total. The minimum atomic E-state index is -3.84. The quantitative estimate of drug-likeness (QED) is 0.433. The third-order valence-corrected chi connectivity index (χ3v) is 6.38. The number of nitrogens with one attached hydrogen (secondary N) is 2. The Morgan fingerprint density at radius 3 is 2.58 bits per heavy atom. The van der Waals surface area contributed by atoms with Gasteiger partial charge in [-0.25, -0.2) is 8.42 Å². The standard InChI is InChI=1S/C20H16N4O5S2/c1-28-15-7-9-16(10-8-15)31(26,27)24-14-5-2-4-13(12-14)18(25)21-20-23-22-19(29-20)17-6-3-11-30-17/h2-12,24H,1H3,(H,21,23,25). The van der Waals surface area contributed by atoms with Crippen molar-refractivity contribution in [3.63, 3.8) is 0 Å². The predicted molar refractivity (Wildman–Crippen MR) is 116 cm³/mol. The fourth-order valence-electron chi connectivity index (χ4n) is 2.64. The van der Waals surface area contributed by atoms with Gasteiger partial charge >= 0.3 is 6.01 Å². The van der Waals surface area contributed by atoms with Crippen LogP contribution in [0.25, 0.3) is 10.8 Å². The van der Waals surface area contributed by atoms with E-state index in [9.17, 15) is 13.2 Å². The van der Waals surface area contributed by atoms with E-state index < -0.39 is 15.9 Å².